The van der Waals surface area contributed by atoms with Crippen LogP contribution in [0.15, 0.2) is 53.4 Å². The average Bonchev–Trinajstić information content (AvgIpc) is 2.61. The molecule has 0 aliphatic rings. The molecule has 0 radical (unpaired) electrons. The van der Waals surface area contributed by atoms with Gasteiger partial charge in [0.1, 0.15) is 5.75 Å². The molecule has 0 unspecified atom stereocenters. The van der Waals surface area contributed by atoms with Crippen LogP contribution in [0.5, 0.6) is 5.75 Å². The molecular formula is C19H24N2O3S. The number of urea groups is 1. The maximum atomic E-state index is 12.6. The molecule has 0 aliphatic heterocycles. The molecule has 6 heteroatoms. The number of aromatic hydroxyl groups is 1. The number of carbonyl (C=O) groups is 1. The van der Waals surface area contributed by atoms with Crippen molar-refractivity contribution in [3.8, 4) is 5.75 Å². The van der Waals surface area contributed by atoms with Gasteiger partial charge in [-0.1, -0.05) is 31.2 Å². The zero-order valence-corrected chi connectivity index (χ0v) is 15.3. The lowest BCUT2D eigenvalue weighted by Gasteiger charge is -2.25. The van der Waals surface area contributed by atoms with Crippen molar-refractivity contribution in [2.75, 3.05) is 24.2 Å². The molecule has 5 nitrogen and oxygen atoms in total. The number of likely N-dealkylation sites (N-methyl/N-ethyl adjacent to an activating group) is 1. The van der Waals surface area contributed by atoms with Gasteiger partial charge < -0.3 is 20.4 Å². The highest BCUT2D eigenvalue weighted by atomic mass is 32.2. The number of aliphatic hydroxyl groups is 1. The molecule has 134 valence electrons. The van der Waals surface area contributed by atoms with Gasteiger partial charge in [-0.25, -0.2) is 4.79 Å². The van der Waals surface area contributed by atoms with Crippen LogP contribution in [0.2, 0.25) is 0 Å². The number of phenols is 1. The van der Waals surface area contributed by atoms with Crippen molar-refractivity contribution in [1.82, 2.24) is 4.90 Å². The van der Waals surface area contributed by atoms with Gasteiger partial charge in [-0.3, -0.25) is 0 Å². The maximum Gasteiger partial charge on any atom is 0.321 e. The molecule has 2 amide bonds. The monoisotopic (exact) mass is 360 g/mol. The largest absolute Gasteiger partial charge is 0.508 e. The van der Waals surface area contributed by atoms with Gasteiger partial charge in [0.05, 0.1) is 18.3 Å². The van der Waals surface area contributed by atoms with Crippen LogP contribution in [-0.4, -0.2) is 40.0 Å². The number of anilines is 1. The van der Waals surface area contributed by atoms with Gasteiger partial charge in [0.25, 0.3) is 0 Å². The third-order valence-electron chi connectivity index (χ3n) is 3.75. The van der Waals surface area contributed by atoms with Gasteiger partial charge in [-0.15, -0.1) is 11.8 Å². The predicted octanol–water partition coefficient (Wildman–Crippen LogP) is 4.09. The molecule has 0 aromatic heterocycles. The summed E-state index contributed by atoms with van der Waals surface area (Å²) in [5.41, 5.74) is 1.35. The van der Waals surface area contributed by atoms with Crippen LogP contribution in [0.3, 0.4) is 0 Å². The zero-order chi connectivity index (χ0) is 18.2. The van der Waals surface area contributed by atoms with Crippen molar-refractivity contribution >= 4 is 23.5 Å². The lowest BCUT2D eigenvalue weighted by molar-refractivity contribution is 0.128. The Hall–Kier alpha value is -2.18. The molecule has 0 saturated heterocycles. The average molecular weight is 360 g/mol. The van der Waals surface area contributed by atoms with Crippen LogP contribution in [0, 0.1) is 0 Å². The first kappa shape index (κ1) is 19.1. The third-order valence-corrected chi connectivity index (χ3v) is 4.70. The van der Waals surface area contributed by atoms with E-state index in [-0.39, 0.29) is 18.3 Å². The van der Waals surface area contributed by atoms with Crippen molar-refractivity contribution in [2.24, 2.45) is 0 Å². The zero-order valence-electron chi connectivity index (χ0n) is 14.5. The molecule has 3 N–H and O–H groups in total. The van der Waals surface area contributed by atoms with Crippen molar-refractivity contribution in [3.63, 3.8) is 0 Å². The van der Waals surface area contributed by atoms with E-state index in [0.717, 1.165) is 16.3 Å². The minimum atomic E-state index is -0.863. The van der Waals surface area contributed by atoms with E-state index in [1.165, 1.54) is 6.07 Å². The Morgan fingerprint density at radius 3 is 2.64 bits per heavy atom. The van der Waals surface area contributed by atoms with Crippen molar-refractivity contribution in [3.05, 3.63) is 54.1 Å². The second-order valence-corrected chi connectivity index (χ2v) is 6.81. The molecule has 2 rings (SSSR count). The Labute approximate surface area is 152 Å². The molecule has 2 aromatic carbocycles. The van der Waals surface area contributed by atoms with Gasteiger partial charge in [0, 0.05) is 11.4 Å². The number of thioether (sulfide) groups is 1. The standard InChI is InChI=1S/C19H24N2O3S/c1-3-21(13-17(23)14-8-7-9-15(22)12-14)19(24)20-16-10-5-6-11-18(16)25-4-2/h5-12,17,22-23H,3-4,13H2,1-2H3,(H,20,24)/t17-/m1/s1. The Morgan fingerprint density at radius 2 is 1.96 bits per heavy atom. The number of benzene rings is 2. The second-order valence-electron chi connectivity index (χ2n) is 5.51. The van der Waals surface area contributed by atoms with Crippen LogP contribution in [-0.2, 0) is 0 Å². The number of rotatable bonds is 7. The Kier molecular flexibility index (Phi) is 7.16. The fourth-order valence-electron chi connectivity index (χ4n) is 2.45. The van der Waals surface area contributed by atoms with E-state index in [1.54, 1.807) is 34.9 Å². The predicted molar refractivity (Wildman–Crippen MR) is 102 cm³/mol. The highest BCUT2D eigenvalue weighted by Crippen LogP contribution is 2.27. The number of nitrogens with one attached hydrogen (secondary N) is 1. The number of phenolic OH excluding ortho intramolecular Hbond substituents is 1. The van der Waals surface area contributed by atoms with Crippen LogP contribution < -0.4 is 5.32 Å². The van der Waals surface area contributed by atoms with Crippen LogP contribution >= 0.6 is 11.8 Å². The fourth-order valence-corrected chi connectivity index (χ4v) is 3.21. The van der Waals surface area contributed by atoms with Gasteiger partial charge >= 0.3 is 6.03 Å². The summed E-state index contributed by atoms with van der Waals surface area (Å²) in [6.45, 7) is 4.54. The first-order valence-corrected chi connectivity index (χ1v) is 9.28. The molecule has 0 saturated carbocycles. The van der Waals surface area contributed by atoms with Crippen LogP contribution in [0.4, 0.5) is 10.5 Å². The van der Waals surface area contributed by atoms with E-state index in [2.05, 4.69) is 12.2 Å². The molecule has 0 bridgehead atoms. The molecule has 1 atom stereocenters. The maximum absolute atomic E-state index is 12.6. The lowest BCUT2D eigenvalue weighted by Crippen LogP contribution is -2.37. The number of para-hydroxylation sites is 1. The Balaban J connectivity index is 2.06. The Bertz CT molecular complexity index is 709. The summed E-state index contributed by atoms with van der Waals surface area (Å²) in [6.07, 6.45) is -0.863. The number of amides is 2. The first-order valence-electron chi connectivity index (χ1n) is 8.29. The van der Waals surface area contributed by atoms with E-state index in [0.29, 0.717) is 12.1 Å². The number of aliphatic hydroxyl groups excluding tert-OH is 1. The smallest absolute Gasteiger partial charge is 0.321 e. The normalized spacial score (nSPS) is 11.8. The van der Waals surface area contributed by atoms with Crippen molar-refractivity contribution in [1.29, 1.82) is 0 Å². The SMILES string of the molecule is CCSc1ccccc1NC(=O)N(CC)C[C@@H](O)c1cccc(O)c1. The van der Waals surface area contributed by atoms with Crippen molar-refractivity contribution < 1.29 is 15.0 Å². The summed E-state index contributed by atoms with van der Waals surface area (Å²) in [4.78, 5) is 15.1. The minimum absolute atomic E-state index is 0.0922. The van der Waals surface area contributed by atoms with Gasteiger partial charge in [0.15, 0.2) is 0 Å². The summed E-state index contributed by atoms with van der Waals surface area (Å²) in [5, 5.41) is 22.8. The van der Waals surface area contributed by atoms with Gasteiger partial charge in [-0.05, 0) is 42.5 Å². The molecule has 0 spiro atoms. The Morgan fingerprint density at radius 1 is 1.20 bits per heavy atom. The van der Waals surface area contributed by atoms with Crippen LogP contribution in [0.25, 0.3) is 0 Å². The van der Waals surface area contributed by atoms with E-state index in [9.17, 15) is 15.0 Å². The third kappa shape index (κ3) is 5.41. The second kappa shape index (κ2) is 9.34. The lowest BCUT2D eigenvalue weighted by atomic mass is 10.1. The fraction of sp³-hybridized carbons (Fsp3) is 0.316. The number of carbonyl (C=O) groups excluding carboxylic acids is 1. The number of hydrogen-bond donors (Lipinski definition) is 3. The molecule has 2 aromatic rings. The molecule has 0 heterocycles. The summed E-state index contributed by atoms with van der Waals surface area (Å²) in [6, 6.07) is 13.9. The molecule has 25 heavy (non-hydrogen) atoms. The van der Waals surface area contributed by atoms with E-state index < -0.39 is 6.10 Å². The molecular weight excluding hydrogens is 336 g/mol. The quantitative estimate of drug-likeness (QED) is 0.650. The van der Waals surface area contributed by atoms with E-state index in [4.69, 9.17) is 0 Å². The topological polar surface area (TPSA) is 72.8 Å². The van der Waals surface area contributed by atoms with E-state index >= 15 is 0 Å². The van der Waals surface area contributed by atoms with Gasteiger partial charge in [0.2, 0.25) is 0 Å². The number of nitrogens with zero attached hydrogens (tertiary/aromatic N) is 1. The van der Waals surface area contributed by atoms with Crippen LogP contribution in [0.1, 0.15) is 25.5 Å². The first-order chi connectivity index (χ1) is 12.0. The summed E-state index contributed by atoms with van der Waals surface area (Å²) < 4.78 is 0. The molecule has 0 aliphatic carbocycles. The van der Waals surface area contributed by atoms with E-state index in [1.807, 2.05) is 31.2 Å². The van der Waals surface area contributed by atoms with Gasteiger partial charge in [-0.2, -0.15) is 0 Å². The minimum Gasteiger partial charge on any atom is -0.508 e. The number of hydrogen-bond acceptors (Lipinski definition) is 4. The highest BCUT2D eigenvalue weighted by Gasteiger charge is 2.18. The van der Waals surface area contributed by atoms with Crippen molar-refractivity contribution in [2.45, 2.75) is 24.8 Å². The molecule has 0 fully saturated rings. The summed E-state index contributed by atoms with van der Waals surface area (Å²) in [7, 11) is 0. The summed E-state index contributed by atoms with van der Waals surface area (Å²) in [5.74, 6) is 1.01. The highest BCUT2D eigenvalue weighted by molar-refractivity contribution is 7.99. The summed E-state index contributed by atoms with van der Waals surface area (Å²) >= 11 is 1.67.